The van der Waals surface area contributed by atoms with Crippen LogP contribution in [0, 0.1) is 0 Å². The number of halogens is 1. The number of anilines is 1. The van der Waals surface area contributed by atoms with Crippen LogP contribution < -0.4 is 19.5 Å². The molecule has 0 aliphatic carbocycles. The zero-order valence-electron chi connectivity index (χ0n) is 14.9. The van der Waals surface area contributed by atoms with E-state index in [0.29, 0.717) is 39.3 Å². The second-order valence-corrected chi connectivity index (χ2v) is 5.86. The maximum Gasteiger partial charge on any atom is 0.277 e. The molecule has 0 aliphatic rings. The number of methoxy groups -OCH3 is 3. The Morgan fingerprint density at radius 1 is 0.963 bits per heavy atom. The number of benzene rings is 2. The van der Waals surface area contributed by atoms with Gasteiger partial charge in [0.2, 0.25) is 0 Å². The molecule has 0 spiro atoms. The molecule has 7 nitrogen and oxygen atoms in total. The number of hydrogen-bond acceptors (Lipinski definition) is 6. The maximum absolute atomic E-state index is 12.4. The summed E-state index contributed by atoms with van der Waals surface area (Å²) in [5, 5.41) is 6.93. The quantitative estimate of drug-likeness (QED) is 0.678. The Morgan fingerprint density at radius 3 is 2.33 bits per heavy atom. The second kappa shape index (κ2) is 8.01. The number of carbonyl (C=O) groups excluding carboxylic acids is 1. The molecule has 0 saturated carbocycles. The van der Waals surface area contributed by atoms with Gasteiger partial charge in [0.05, 0.1) is 26.4 Å². The molecule has 1 amide bonds. The molecular weight excluding hydrogens is 372 g/mol. The Balaban J connectivity index is 1.79. The fourth-order valence-electron chi connectivity index (χ4n) is 2.45. The Hall–Kier alpha value is -3.19. The van der Waals surface area contributed by atoms with Crippen molar-refractivity contribution in [2.24, 2.45) is 0 Å². The topological polar surface area (TPSA) is 82.8 Å². The Bertz CT molecular complexity index is 970. The molecule has 0 bridgehead atoms. The van der Waals surface area contributed by atoms with E-state index in [2.05, 4.69) is 10.5 Å². The van der Waals surface area contributed by atoms with Crippen molar-refractivity contribution in [1.82, 2.24) is 5.16 Å². The van der Waals surface area contributed by atoms with Gasteiger partial charge in [-0.15, -0.1) is 0 Å². The van der Waals surface area contributed by atoms with Crippen LogP contribution in [-0.2, 0) is 0 Å². The minimum Gasteiger partial charge on any atom is -0.495 e. The van der Waals surface area contributed by atoms with Gasteiger partial charge in [0.1, 0.15) is 5.75 Å². The third-order valence-electron chi connectivity index (χ3n) is 3.82. The van der Waals surface area contributed by atoms with Crippen molar-refractivity contribution in [2.45, 2.75) is 0 Å². The maximum atomic E-state index is 12.4. The molecule has 2 aromatic carbocycles. The highest BCUT2D eigenvalue weighted by atomic mass is 35.5. The first-order valence-electron chi connectivity index (χ1n) is 7.89. The van der Waals surface area contributed by atoms with Crippen LogP contribution in [0.1, 0.15) is 10.5 Å². The molecule has 0 fully saturated rings. The van der Waals surface area contributed by atoms with E-state index in [0.717, 1.165) is 0 Å². The van der Waals surface area contributed by atoms with E-state index in [1.54, 1.807) is 56.7 Å². The van der Waals surface area contributed by atoms with Gasteiger partial charge in [-0.3, -0.25) is 4.79 Å². The predicted molar refractivity (Wildman–Crippen MR) is 101 cm³/mol. The first-order valence-corrected chi connectivity index (χ1v) is 8.27. The Morgan fingerprint density at radius 2 is 1.67 bits per heavy atom. The van der Waals surface area contributed by atoms with Crippen LogP contribution in [0.3, 0.4) is 0 Å². The van der Waals surface area contributed by atoms with E-state index in [-0.39, 0.29) is 5.69 Å². The lowest BCUT2D eigenvalue weighted by Gasteiger charge is -2.07. The summed E-state index contributed by atoms with van der Waals surface area (Å²) >= 11 is 6.06. The summed E-state index contributed by atoms with van der Waals surface area (Å²) in [6.45, 7) is 0. The van der Waals surface area contributed by atoms with Gasteiger partial charge in [-0.25, -0.2) is 0 Å². The summed E-state index contributed by atoms with van der Waals surface area (Å²) in [5.74, 6) is 1.66. The molecule has 3 rings (SSSR count). The molecule has 0 atom stereocenters. The van der Waals surface area contributed by atoms with Gasteiger partial charge < -0.3 is 24.1 Å². The fourth-order valence-corrected chi connectivity index (χ4v) is 2.70. The minimum absolute atomic E-state index is 0.131. The van der Waals surface area contributed by atoms with E-state index in [1.165, 1.54) is 7.11 Å². The van der Waals surface area contributed by atoms with Gasteiger partial charge in [0.15, 0.2) is 23.0 Å². The van der Waals surface area contributed by atoms with Crippen molar-refractivity contribution < 1.29 is 23.5 Å². The van der Waals surface area contributed by atoms with Crippen molar-refractivity contribution >= 4 is 23.2 Å². The van der Waals surface area contributed by atoms with Gasteiger partial charge in [-0.1, -0.05) is 16.8 Å². The first kappa shape index (κ1) is 18.6. The molecule has 0 unspecified atom stereocenters. The van der Waals surface area contributed by atoms with Crippen molar-refractivity contribution in [3.8, 4) is 28.6 Å². The summed E-state index contributed by atoms with van der Waals surface area (Å²) in [5.41, 5.74) is 1.35. The highest BCUT2D eigenvalue weighted by Crippen LogP contribution is 2.32. The van der Waals surface area contributed by atoms with Crippen molar-refractivity contribution in [1.29, 1.82) is 0 Å². The van der Waals surface area contributed by atoms with Crippen molar-refractivity contribution in [2.75, 3.05) is 26.6 Å². The lowest BCUT2D eigenvalue weighted by molar-refractivity contribution is 0.101. The van der Waals surface area contributed by atoms with Gasteiger partial charge in [0.25, 0.3) is 5.91 Å². The molecule has 27 heavy (non-hydrogen) atoms. The lowest BCUT2D eigenvalue weighted by Crippen LogP contribution is -2.12. The Labute approximate surface area is 160 Å². The monoisotopic (exact) mass is 388 g/mol. The summed E-state index contributed by atoms with van der Waals surface area (Å²) in [6, 6.07) is 11.7. The highest BCUT2D eigenvalue weighted by molar-refractivity contribution is 6.32. The number of nitrogens with zero attached hydrogens (tertiary/aromatic N) is 1. The van der Waals surface area contributed by atoms with Crippen LogP contribution in [0.15, 0.2) is 47.0 Å². The molecule has 8 heteroatoms. The second-order valence-electron chi connectivity index (χ2n) is 5.45. The first-order chi connectivity index (χ1) is 13.0. The van der Waals surface area contributed by atoms with E-state index in [1.807, 2.05) is 0 Å². The van der Waals surface area contributed by atoms with E-state index in [9.17, 15) is 4.79 Å². The number of rotatable bonds is 6. The fraction of sp³-hybridized carbons (Fsp3) is 0.158. The number of aromatic nitrogens is 1. The van der Waals surface area contributed by atoms with Crippen LogP contribution in [0.2, 0.25) is 5.02 Å². The minimum atomic E-state index is -0.424. The predicted octanol–water partition coefficient (Wildman–Crippen LogP) is 4.27. The molecule has 1 heterocycles. The number of amides is 1. The van der Waals surface area contributed by atoms with Crippen molar-refractivity contribution in [3.05, 3.63) is 53.2 Å². The van der Waals surface area contributed by atoms with Crippen LogP contribution in [0.25, 0.3) is 11.3 Å². The third-order valence-corrected chi connectivity index (χ3v) is 4.12. The smallest absolute Gasteiger partial charge is 0.277 e. The average Bonchev–Trinajstić information content (AvgIpc) is 3.18. The molecule has 1 N–H and O–H groups in total. The molecule has 140 valence electrons. The van der Waals surface area contributed by atoms with Crippen molar-refractivity contribution in [3.63, 3.8) is 0 Å². The van der Waals surface area contributed by atoms with E-state index >= 15 is 0 Å². The number of nitrogens with one attached hydrogen (secondary N) is 1. The number of ether oxygens (including phenoxy) is 3. The normalized spacial score (nSPS) is 10.4. The summed E-state index contributed by atoms with van der Waals surface area (Å²) in [4.78, 5) is 12.4. The number of hydrogen-bond donors (Lipinski definition) is 1. The van der Waals surface area contributed by atoms with E-state index < -0.39 is 5.91 Å². The van der Waals surface area contributed by atoms with Crippen LogP contribution in [-0.4, -0.2) is 32.4 Å². The number of carbonyl (C=O) groups is 1. The zero-order chi connectivity index (χ0) is 19.4. The zero-order valence-corrected chi connectivity index (χ0v) is 15.7. The molecule has 0 saturated heterocycles. The highest BCUT2D eigenvalue weighted by Gasteiger charge is 2.16. The molecule has 1 aromatic heterocycles. The summed E-state index contributed by atoms with van der Waals surface area (Å²) < 4.78 is 20.9. The molecular formula is C19H17ClN2O5. The summed E-state index contributed by atoms with van der Waals surface area (Å²) in [7, 11) is 4.62. The van der Waals surface area contributed by atoms with Gasteiger partial charge in [-0.2, -0.15) is 0 Å². The molecule has 0 radical (unpaired) electrons. The van der Waals surface area contributed by atoms with Crippen LogP contribution >= 0.6 is 11.6 Å². The average molecular weight is 389 g/mol. The summed E-state index contributed by atoms with van der Waals surface area (Å²) in [6.07, 6.45) is 0. The van der Waals surface area contributed by atoms with Crippen LogP contribution in [0.5, 0.6) is 17.2 Å². The van der Waals surface area contributed by atoms with Gasteiger partial charge in [-0.05, 0) is 36.4 Å². The van der Waals surface area contributed by atoms with Gasteiger partial charge >= 0.3 is 0 Å². The lowest BCUT2D eigenvalue weighted by atomic mass is 10.1. The van der Waals surface area contributed by atoms with E-state index in [4.69, 9.17) is 30.3 Å². The third kappa shape index (κ3) is 3.98. The van der Waals surface area contributed by atoms with Gasteiger partial charge in [0, 0.05) is 17.3 Å². The molecule has 3 aromatic rings. The Kier molecular flexibility index (Phi) is 5.52. The SMILES string of the molecule is COc1ccc(NC(=O)c2cc(-c3ccc(OC)c(OC)c3)on2)cc1Cl. The molecule has 0 aliphatic heterocycles. The van der Waals surface area contributed by atoms with Crippen LogP contribution in [0.4, 0.5) is 5.69 Å². The largest absolute Gasteiger partial charge is 0.495 e. The standard InChI is InChI=1S/C19H17ClN2O5/c1-24-15-7-5-12(9-13(15)20)21-19(23)14-10-17(27-22-14)11-4-6-16(25-2)18(8-11)26-3/h4-10H,1-3H3,(H,21,23).